The highest BCUT2D eigenvalue weighted by Gasteiger charge is 2.60. The van der Waals surface area contributed by atoms with Crippen LogP contribution < -0.4 is 17.1 Å². The Bertz CT molecular complexity index is 4200. The van der Waals surface area contributed by atoms with Gasteiger partial charge in [-0.25, -0.2) is 47.3 Å². The Morgan fingerprint density at radius 2 is 0.521 bits per heavy atom. The first-order valence-electron chi connectivity index (χ1n) is 49.2. The molecule has 3 aliphatic carbocycles. The monoisotopic (exact) mass is 2080 g/mol. The van der Waals surface area contributed by atoms with Gasteiger partial charge >= 0.3 is 101 Å². The molecule has 0 aliphatic heterocycles. The average molecular weight is 2080 g/mol. The number of carbonyl (C=O) groups excluding carboxylic acids is 14. The summed E-state index contributed by atoms with van der Waals surface area (Å²) < 4.78 is 93.3. The number of allylic oxidation sites excluding steroid dienone is 1. The fourth-order valence-corrected chi connectivity index (χ4v) is 14.7. The molecule has 0 amide bonds. The number of methoxy groups -OCH3 is 8. The maximum absolute atomic E-state index is 12.9. The lowest BCUT2D eigenvalue weighted by Gasteiger charge is -2.28. The average Bonchev–Trinajstić information content (AvgIpc) is 1.60. The third kappa shape index (κ3) is 45.6. The molecule has 3 aromatic rings. The predicted molar refractivity (Wildman–Crippen MR) is 522 cm³/mol. The maximum Gasteiger partial charge on any atom is 0.338 e. The molecule has 0 bridgehead atoms. The number of ether oxygens (including phenoxy) is 18. The highest BCUT2D eigenvalue weighted by molar-refractivity contribution is 5.96. The number of nitrogens with zero attached hydrogens (tertiary/aromatic N) is 3. The Kier molecular flexibility index (Phi) is 65.6. The van der Waals surface area contributed by atoms with Crippen LogP contribution in [0.3, 0.4) is 0 Å². The molecule has 1 aromatic heterocycles. The molecular weight excluding hydrogens is 1920 g/mol. The van der Waals surface area contributed by atoms with E-state index in [0.717, 1.165) is 67.8 Å². The summed E-state index contributed by atoms with van der Waals surface area (Å²) in [5.41, 5.74) is -0.935. The van der Waals surface area contributed by atoms with Crippen molar-refractivity contribution in [1.29, 1.82) is 0 Å². The second-order valence-electron chi connectivity index (χ2n) is 35.6. The van der Waals surface area contributed by atoms with Crippen LogP contribution in [0.15, 0.2) is 75.6 Å². The summed E-state index contributed by atoms with van der Waals surface area (Å²) >= 11 is 0. The molecule has 3 saturated carbocycles. The molecule has 828 valence electrons. The summed E-state index contributed by atoms with van der Waals surface area (Å²) in [6, 6.07) is 12.2. The molecule has 2 aromatic carbocycles. The van der Waals surface area contributed by atoms with Crippen molar-refractivity contribution >= 4 is 83.6 Å². The van der Waals surface area contributed by atoms with Gasteiger partial charge in [-0.05, 0) is 152 Å². The van der Waals surface area contributed by atoms with E-state index in [2.05, 4.69) is 6.58 Å². The number of hydrogen-bond acceptors (Lipinski definition) is 41. The molecule has 1 heterocycles. The molecule has 0 saturated heterocycles. The van der Waals surface area contributed by atoms with Gasteiger partial charge in [0.1, 0.15) is 50.8 Å². The SMILES string of the molecule is C=CCn1c(=O)n(CC(O)CC)c(=O)n(CC(O)CC)c1=O.CCC(C)COC(=O)c1ccc(C(=O)OCC(O)CC)cc1.CCC(C)COC(=O)c1ccc(C(=O)OCC(O)CC)cc1.CCC(O)COC(=O)C1CCCCC1C(=O)OCC(O)CC.COCC(C)OC(=O)C1C(C(=O)OC)CC(C(=O)OC)C1C(=O)OC(C)COC.COCC(C)OC(=O)C1C(C(=O)OC)CC(C(=O)OC)C1C(=O)OC(C)COC. The molecule has 3 aliphatic rings. The summed E-state index contributed by atoms with van der Waals surface area (Å²) in [5, 5.41) is 57.0. The Balaban J connectivity index is 0.000000880. The summed E-state index contributed by atoms with van der Waals surface area (Å²) in [7, 11) is 10.4. The molecule has 3 fully saturated rings. The molecule has 22 unspecified atom stereocenters. The number of carbonyl (C=O) groups is 14. The minimum absolute atomic E-state index is 0.0337. The highest BCUT2D eigenvalue weighted by atomic mass is 16.6. The molecule has 0 spiro atoms. The Morgan fingerprint density at radius 1 is 0.301 bits per heavy atom. The van der Waals surface area contributed by atoms with E-state index in [-0.39, 0.29) is 85.3 Å². The van der Waals surface area contributed by atoms with Crippen molar-refractivity contribution in [3.05, 3.63) is 115 Å². The van der Waals surface area contributed by atoms with Gasteiger partial charge in [-0.3, -0.25) is 47.9 Å². The summed E-state index contributed by atoms with van der Waals surface area (Å²) in [6.07, 6.45) is 1.93. The number of esters is 14. The van der Waals surface area contributed by atoms with Crippen molar-refractivity contribution in [3.63, 3.8) is 0 Å². The van der Waals surface area contributed by atoms with Gasteiger partial charge in [0.05, 0.1) is 206 Å². The molecule has 44 nitrogen and oxygen atoms in total. The summed E-state index contributed by atoms with van der Waals surface area (Å²) in [5.74, 6) is -18.5. The van der Waals surface area contributed by atoms with Gasteiger partial charge in [0.2, 0.25) is 0 Å². The van der Waals surface area contributed by atoms with Crippen LogP contribution >= 0.6 is 0 Å². The summed E-state index contributed by atoms with van der Waals surface area (Å²) in [4.78, 5) is 209. The molecule has 0 radical (unpaired) electrons. The van der Waals surface area contributed by atoms with E-state index in [1.165, 1.54) is 83.0 Å². The highest BCUT2D eigenvalue weighted by Crippen LogP contribution is 2.47. The predicted octanol–water partition coefficient (Wildman–Crippen LogP) is 6.67. The first kappa shape index (κ1) is 133. The second-order valence-corrected chi connectivity index (χ2v) is 35.6. The van der Waals surface area contributed by atoms with Crippen molar-refractivity contribution in [3.8, 4) is 0 Å². The van der Waals surface area contributed by atoms with Crippen LogP contribution in [0.4, 0.5) is 0 Å². The number of benzene rings is 2. The van der Waals surface area contributed by atoms with Crippen molar-refractivity contribution in [2.45, 2.75) is 267 Å². The second kappa shape index (κ2) is 72.2. The van der Waals surface area contributed by atoms with Crippen LogP contribution in [0.5, 0.6) is 0 Å². The maximum atomic E-state index is 12.9. The van der Waals surface area contributed by atoms with Crippen molar-refractivity contribution in [1.82, 2.24) is 13.7 Å². The third-order valence-corrected chi connectivity index (χ3v) is 23.9. The minimum atomic E-state index is -1.26. The standard InChI is InChI=1S/2C19H30O10.2C17H24O5.C16H28O6.C14H23N3O5/c2*1-10(8-24-3)28-18(22)14-12(16(20)26-5)7-13(17(21)27-6)15(14)19(23)29-11(2)9-25-4;2*1-4-12(3)10-21-16(19)13-6-8-14(9-7-13)17(20)22-11-15(18)5-2;1-3-11(17)9-21-15(19)13-7-5-6-8-14(13)16(20)22-10-12(18)4-2;1-4-7-15-12(20)16(8-10(18)5-2)14(22)17(13(15)21)9-11(19)6-3/h2*10-15H,7-9H2,1-6H3;2*6-9,12,15,18H,4-5,10-11H2,1-3H3;11-14,17-18H,3-10H2,1-2H3;4,10-11,18-19H,1,5-9H2,2-3H3. The lowest BCUT2D eigenvalue weighted by molar-refractivity contribution is -0.173. The molecule has 44 heteroatoms. The molecule has 6 rings (SSSR count). The zero-order chi connectivity index (χ0) is 111. The van der Waals surface area contributed by atoms with E-state index < -0.39 is 221 Å². The number of rotatable bonds is 52. The number of aliphatic hydroxyl groups excluding tert-OH is 6. The van der Waals surface area contributed by atoms with Crippen molar-refractivity contribution in [2.24, 2.45) is 71.0 Å². The first-order valence-corrected chi connectivity index (χ1v) is 49.2. The van der Waals surface area contributed by atoms with Crippen LogP contribution in [-0.4, -0.2) is 312 Å². The fraction of sp³-hybridized carbons (Fsp3) is 0.696. The van der Waals surface area contributed by atoms with Crippen LogP contribution in [0, 0.1) is 71.0 Å². The van der Waals surface area contributed by atoms with Gasteiger partial charge in [-0.15, -0.1) is 6.58 Å². The normalized spacial score (nSPS) is 19.9. The quantitative estimate of drug-likeness (QED) is 0.0195. The first-order chi connectivity index (χ1) is 69.2. The van der Waals surface area contributed by atoms with E-state index in [9.17, 15) is 112 Å². The smallest absolute Gasteiger partial charge is 0.338 e. The molecule has 6 N–H and O–H groups in total. The van der Waals surface area contributed by atoms with Gasteiger partial charge in [0.15, 0.2) is 0 Å². The fourth-order valence-electron chi connectivity index (χ4n) is 14.7. The Labute approximate surface area is 852 Å². The minimum Gasteiger partial charge on any atom is -0.469 e. The van der Waals surface area contributed by atoms with E-state index in [0.29, 0.717) is 98.7 Å². The van der Waals surface area contributed by atoms with Crippen LogP contribution in [0.2, 0.25) is 0 Å². The van der Waals surface area contributed by atoms with Gasteiger partial charge in [-0.2, -0.15) is 0 Å². The van der Waals surface area contributed by atoms with Gasteiger partial charge in [-0.1, -0.05) is 101 Å². The van der Waals surface area contributed by atoms with Gasteiger partial charge in [0.25, 0.3) is 0 Å². The topological polar surface area (TPSA) is 593 Å². The Morgan fingerprint density at radius 3 is 0.726 bits per heavy atom. The van der Waals surface area contributed by atoms with E-state index in [4.69, 9.17) is 85.3 Å². The van der Waals surface area contributed by atoms with Gasteiger partial charge in [0, 0.05) is 28.4 Å². The number of hydrogen-bond donors (Lipinski definition) is 6. The van der Waals surface area contributed by atoms with Gasteiger partial charge < -0.3 is 116 Å². The largest absolute Gasteiger partial charge is 0.469 e. The Hall–Kier alpha value is -11.2. The van der Waals surface area contributed by atoms with Crippen LogP contribution in [0.25, 0.3) is 0 Å². The number of aromatic nitrogens is 3. The lowest BCUT2D eigenvalue weighted by Crippen LogP contribution is -2.56. The molecular formula is C102H159N3O41. The van der Waals surface area contributed by atoms with Crippen LogP contribution in [0.1, 0.15) is 228 Å². The van der Waals surface area contributed by atoms with Crippen LogP contribution in [-0.2, 0) is 153 Å². The molecule has 146 heavy (non-hydrogen) atoms. The van der Waals surface area contributed by atoms with Crippen molar-refractivity contribution in [2.75, 3.05) is 123 Å². The number of aliphatic hydroxyl groups is 6. The summed E-state index contributed by atoms with van der Waals surface area (Å²) in [6.45, 7) is 29.3. The zero-order valence-corrected chi connectivity index (χ0v) is 88.5. The van der Waals surface area contributed by atoms with Crippen molar-refractivity contribution < 1.29 is 183 Å². The van der Waals surface area contributed by atoms with E-state index in [1.807, 2.05) is 27.7 Å². The molecule has 22 atom stereocenters. The van der Waals surface area contributed by atoms with E-state index in [1.54, 1.807) is 69.2 Å². The zero-order valence-electron chi connectivity index (χ0n) is 88.5. The van der Waals surface area contributed by atoms with E-state index >= 15 is 0 Å². The lowest BCUT2D eigenvalue weighted by atomic mass is 9.79. The third-order valence-electron chi connectivity index (χ3n) is 23.9.